The van der Waals surface area contributed by atoms with Crippen LogP contribution < -0.4 is 23.9 Å². The van der Waals surface area contributed by atoms with Crippen LogP contribution in [0, 0.1) is 0 Å². The summed E-state index contributed by atoms with van der Waals surface area (Å²) in [6, 6.07) is 0. The van der Waals surface area contributed by atoms with Crippen molar-refractivity contribution in [3.8, 4) is 0 Å². The molecule has 0 saturated carbocycles. The second kappa shape index (κ2) is 12.5. The van der Waals surface area contributed by atoms with E-state index in [4.69, 9.17) is 0 Å². The Morgan fingerprint density at radius 1 is 0.938 bits per heavy atom. The molecule has 0 aliphatic carbocycles. The largest absolute Gasteiger partial charge is 0.358 e. The van der Waals surface area contributed by atoms with Crippen molar-refractivity contribution in [3.05, 3.63) is 0 Å². The molecule has 0 rings (SSSR count). The van der Waals surface area contributed by atoms with Gasteiger partial charge in [-0.05, 0) is 14.1 Å². The van der Waals surface area contributed by atoms with E-state index in [1.54, 1.807) is 0 Å². The van der Waals surface area contributed by atoms with Gasteiger partial charge in [-0.15, -0.1) is 0 Å². The van der Waals surface area contributed by atoms with Crippen LogP contribution in [0.3, 0.4) is 0 Å². The minimum absolute atomic E-state index is 0.0274. The topological polar surface area (TPSA) is 63.4 Å². The van der Waals surface area contributed by atoms with Gasteiger partial charge in [-0.25, -0.2) is 0 Å². The Morgan fingerprint density at radius 2 is 1.69 bits per heavy atom. The molecule has 1 atom stereocenters. The SMILES string of the molecule is CN[SiH2]N[SiH](N[SiH2]C)N([SiH2]NC)[SiH2]N[SiH2]C. The highest BCUT2D eigenvalue weighted by Crippen LogP contribution is 1.80. The Labute approximate surface area is 113 Å². The Balaban J connectivity index is 4.14. The molecule has 0 radical (unpaired) electrons. The lowest BCUT2D eigenvalue weighted by atomic mass is 11.6. The molecular formula is C4H28N6Si6. The minimum atomic E-state index is -1.00. The Kier molecular flexibility index (Phi) is 13.3. The first kappa shape index (κ1) is 17.1. The molecule has 0 aromatic carbocycles. The number of nitrogens with zero attached hydrogens (tertiary/aromatic N) is 1. The van der Waals surface area contributed by atoms with Gasteiger partial charge in [0.2, 0.25) is 9.28 Å². The normalized spacial score (nSPS) is 17.1. The zero-order chi connectivity index (χ0) is 12.2. The smallest absolute Gasteiger partial charge is 0.241 e. The van der Waals surface area contributed by atoms with Crippen LogP contribution in [0.15, 0.2) is 0 Å². The Morgan fingerprint density at radius 3 is 2.19 bits per heavy atom. The minimum Gasteiger partial charge on any atom is -0.358 e. The van der Waals surface area contributed by atoms with Crippen molar-refractivity contribution < 1.29 is 0 Å². The second-order valence-electron chi connectivity index (χ2n) is 3.56. The molecule has 0 aromatic heterocycles. The van der Waals surface area contributed by atoms with E-state index < -0.39 is 9.28 Å². The van der Waals surface area contributed by atoms with Gasteiger partial charge in [0, 0.05) is 0 Å². The summed E-state index contributed by atoms with van der Waals surface area (Å²) >= 11 is 0. The molecule has 0 aliphatic heterocycles. The lowest BCUT2D eigenvalue weighted by Gasteiger charge is -2.31. The molecule has 0 bridgehead atoms. The fourth-order valence-corrected chi connectivity index (χ4v) is 21.3. The molecule has 0 spiro atoms. The zero-order valence-electron chi connectivity index (χ0n) is 11.1. The van der Waals surface area contributed by atoms with Crippen molar-refractivity contribution in [3.63, 3.8) is 0 Å². The predicted molar refractivity (Wildman–Crippen MR) is 91.0 cm³/mol. The highest BCUT2D eigenvalue weighted by Gasteiger charge is 2.17. The maximum Gasteiger partial charge on any atom is 0.241 e. The third-order valence-corrected chi connectivity index (χ3v) is 17.4. The van der Waals surface area contributed by atoms with Gasteiger partial charge in [-0.3, -0.25) is 0 Å². The first-order valence-electron chi connectivity index (χ1n) is 6.00. The third-order valence-electron chi connectivity index (χ3n) is 2.16. The summed E-state index contributed by atoms with van der Waals surface area (Å²) in [6.07, 6.45) is 0. The number of rotatable bonds is 11. The molecule has 5 N–H and O–H groups in total. The highest BCUT2D eigenvalue weighted by molar-refractivity contribution is 6.79. The summed E-state index contributed by atoms with van der Waals surface area (Å²) in [5, 5.41) is 0. The predicted octanol–water partition coefficient (Wildman–Crippen LogP) is -6.53. The molecule has 16 heavy (non-hydrogen) atoms. The molecule has 98 valence electrons. The molecule has 0 saturated heterocycles. The van der Waals surface area contributed by atoms with E-state index in [1.807, 2.05) is 0 Å². The quantitative estimate of drug-likeness (QED) is 0.243. The lowest BCUT2D eigenvalue weighted by molar-refractivity contribution is 0.927. The van der Waals surface area contributed by atoms with Crippen molar-refractivity contribution in [1.82, 2.24) is 27.8 Å². The third kappa shape index (κ3) is 8.20. The van der Waals surface area contributed by atoms with Crippen LogP contribution in [0.2, 0.25) is 13.1 Å². The average molecular weight is 329 g/mol. The van der Waals surface area contributed by atoms with Crippen molar-refractivity contribution in [2.24, 2.45) is 0 Å². The summed E-state index contributed by atoms with van der Waals surface area (Å²) in [7, 11) is 2.49. The first-order chi connectivity index (χ1) is 7.79. The van der Waals surface area contributed by atoms with Gasteiger partial charge < -0.3 is 27.8 Å². The molecule has 0 amide bonds. The Hall–Kier alpha value is 1.06. The van der Waals surface area contributed by atoms with Gasteiger partial charge in [-0.1, -0.05) is 13.1 Å². The van der Waals surface area contributed by atoms with Gasteiger partial charge in [0.1, 0.15) is 0 Å². The molecule has 0 aliphatic rings. The van der Waals surface area contributed by atoms with Gasteiger partial charge >= 0.3 is 0 Å². The summed E-state index contributed by atoms with van der Waals surface area (Å²) in [4.78, 5) is 6.75. The van der Waals surface area contributed by atoms with E-state index in [2.05, 4.69) is 55.0 Å². The van der Waals surface area contributed by atoms with Crippen molar-refractivity contribution in [1.29, 1.82) is 0 Å². The lowest BCUT2D eigenvalue weighted by Crippen LogP contribution is -2.68. The fraction of sp³-hybridized carbons (Fsp3) is 1.00. The van der Waals surface area contributed by atoms with Crippen molar-refractivity contribution in [2.75, 3.05) is 14.1 Å². The van der Waals surface area contributed by atoms with Crippen LogP contribution in [0.5, 0.6) is 0 Å². The van der Waals surface area contributed by atoms with E-state index in [-0.39, 0.29) is 48.9 Å². The number of hydrogen-bond donors (Lipinski definition) is 5. The molecule has 0 aromatic rings. The van der Waals surface area contributed by atoms with Crippen LogP contribution in [-0.4, -0.2) is 76.2 Å². The van der Waals surface area contributed by atoms with Crippen LogP contribution in [0.25, 0.3) is 0 Å². The zero-order valence-corrected chi connectivity index (χ0v) is 19.3. The molecular weight excluding hydrogens is 301 g/mol. The van der Waals surface area contributed by atoms with E-state index in [0.717, 1.165) is 0 Å². The molecule has 0 heterocycles. The summed E-state index contributed by atoms with van der Waals surface area (Å²) in [6.45, 7) is 4.67. The maximum absolute atomic E-state index is 3.80. The summed E-state index contributed by atoms with van der Waals surface area (Å²) in [5.41, 5.74) is 0. The van der Waals surface area contributed by atoms with E-state index in [9.17, 15) is 0 Å². The first-order valence-corrected chi connectivity index (χ1v) is 16.0. The van der Waals surface area contributed by atoms with Gasteiger partial charge in [0.15, 0.2) is 29.5 Å². The standard InChI is InChI=1S/C4H28N6Si6/c1-5-13-9-16(8-12-4)10(14-6-2)15-7-11-3/h5-9,16H,11-15H2,1-4H3. The van der Waals surface area contributed by atoms with E-state index in [1.165, 1.54) is 0 Å². The van der Waals surface area contributed by atoms with Crippen molar-refractivity contribution in [2.45, 2.75) is 13.1 Å². The summed E-state index contributed by atoms with van der Waals surface area (Å²) in [5.74, 6) is 0. The van der Waals surface area contributed by atoms with Crippen LogP contribution in [0.4, 0.5) is 0 Å². The maximum atomic E-state index is 3.80. The number of hydrogen-bond acceptors (Lipinski definition) is 6. The van der Waals surface area contributed by atoms with Crippen molar-refractivity contribution >= 4 is 58.2 Å². The molecule has 6 nitrogen and oxygen atoms in total. The fourth-order valence-electron chi connectivity index (χ4n) is 1.42. The van der Waals surface area contributed by atoms with E-state index >= 15 is 0 Å². The van der Waals surface area contributed by atoms with E-state index in [0.29, 0.717) is 0 Å². The van der Waals surface area contributed by atoms with Gasteiger partial charge in [-0.2, -0.15) is 0 Å². The van der Waals surface area contributed by atoms with Gasteiger partial charge in [0.05, 0.1) is 19.4 Å². The molecule has 0 fully saturated rings. The average Bonchev–Trinajstić information content (AvgIpc) is 2.30. The second-order valence-corrected chi connectivity index (χ2v) is 18.2. The Bertz CT molecular complexity index is 137. The monoisotopic (exact) mass is 328 g/mol. The number of nitrogens with one attached hydrogen (secondary N) is 5. The molecule has 12 heteroatoms. The van der Waals surface area contributed by atoms with Crippen LogP contribution in [0.1, 0.15) is 0 Å². The molecule has 1 unspecified atom stereocenters. The summed E-state index contributed by atoms with van der Waals surface area (Å²) < 4.78 is 14.1. The van der Waals surface area contributed by atoms with Crippen LogP contribution in [-0.2, 0) is 0 Å². The van der Waals surface area contributed by atoms with Gasteiger partial charge in [0.25, 0.3) is 0 Å². The highest BCUT2D eigenvalue weighted by atomic mass is 28.4. The van der Waals surface area contributed by atoms with Crippen LogP contribution >= 0.6 is 0 Å².